The molecule has 3 aromatic heterocycles. The van der Waals surface area contributed by atoms with Gasteiger partial charge in [0.2, 0.25) is 5.91 Å². The van der Waals surface area contributed by atoms with Crippen LogP contribution in [0.3, 0.4) is 0 Å². The highest BCUT2D eigenvalue weighted by molar-refractivity contribution is 7.13. The number of pyridine rings is 1. The number of hydrogen-bond donors (Lipinski definition) is 2. The Morgan fingerprint density at radius 1 is 1.12 bits per heavy atom. The Kier molecular flexibility index (Phi) is 6.24. The van der Waals surface area contributed by atoms with E-state index in [0.717, 1.165) is 49.7 Å². The highest BCUT2D eigenvalue weighted by Gasteiger charge is 2.17. The number of rotatable bonds is 6. The van der Waals surface area contributed by atoms with Crippen molar-refractivity contribution in [3.63, 3.8) is 0 Å². The maximum Gasteiger partial charge on any atom is 0.270 e. The van der Waals surface area contributed by atoms with E-state index in [1.54, 1.807) is 17.1 Å². The number of aromatic nitrogens is 4. The highest BCUT2D eigenvalue weighted by Crippen LogP contribution is 2.26. The first-order chi connectivity index (χ1) is 15.8. The van der Waals surface area contributed by atoms with Crippen LogP contribution in [0.1, 0.15) is 38.6 Å². The number of nitrogens with zero attached hydrogens (tertiary/aromatic N) is 4. The summed E-state index contributed by atoms with van der Waals surface area (Å²) in [5.74, 6) is -0.272. The van der Waals surface area contributed by atoms with Gasteiger partial charge < -0.3 is 10.6 Å². The van der Waals surface area contributed by atoms with E-state index < -0.39 is 0 Å². The van der Waals surface area contributed by atoms with Gasteiger partial charge in [-0.25, -0.2) is 9.97 Å². The van der Waals surface area contributed by atoms with Crippen LogP contribution in [0.25, 0.3) is 21.6 Å². The largest absolute Gasteiger partial charge is 0.354 e. The summed E-state index contributed by atoms with van der Waals surface area (Å²) in [6, 6.07) is 7.81. The molecule has 8 nitrogen and oxygen atoms in total. The molecule has 0 aliphatic carbocycles. The topological polar surface area (TPSA) is 102 Å². The van der Waals surface area contributed by atoms with Gasteiger partial charge in [-0.05, 0) is 43.5 Å². The van der Waals surface area contributed by atoms with E-state index in [9.17, 15) is 9.59 Å². The Morgan fingerprint density at radius 3 is 2.67 bits per heavy atom. The lowest BCUT2D eigenvalue weighted by Crippen LogP contribution is -2.25. The molecular weight excluding hydrogens is 436 g/mol. The molecule has 0 saturated heterocycles. The molecule has 2 amide bonds. The smallest absolute Gasteiger partial charge is 0.270 e. The quantitative estimate of drug-likeness (QED) is 0.458. The van der Waals surface area contributed by atoms with Crippen LogP contribution in [0.15, 0.2) is 29.6 Å². The molecule has 4 aromatic rings. The zero-order valence-electron chi connectivity index (χ0n) is 19.3. The second-order valence-electron chi connectivity index (χ2n) is 7.98. The zero-order valence-corrected chi connectivity index (χ0v) is 20.1. The lowest BCUT2D eigenvalue weighted by molar-refractivity contribution is -0.120. The first-order valence-corrected chi connectivity index (χ1v) is 11.5. The van der Waals surface area contributed by atoms with Gasteiger partial charge in [0, 0.05) is 42.7 Å². The first kappa shape index (κ1) is 22.6. The number of hydrogen-bond acceptors (Lipinski definition) is 6. The van der Waals surface area contributed by atoms with Crippen molar-refractivity contribution < 1.29 is 9.59 Å². The molecule has 0 spiro atoms. The number of fused-ring (bicyclic) bond motifs is 1. The maximum absolute atomic E-state index is 12.8. The van der Waals surface area contributed by atoms with Crippen LogP contribution in [0, 0.1) is 20.8 Å². The van der Waals surface area contributed by atoms with E-state index >= 15 is 0 Å². The summed E-state index contributed by atoms with van der Waals surface area (Å²) in [5, 5.41) is 13.6. The summed E-state index contributed by atoms with van der Waals surface area (Å²) in [5.41, 5.74) is 6.86. The zero-order chi connectivity index (χ0) is 23.7. The maximum atomic E-state index is 12.8. The monoisotopic (exact) mass is 462 g/mol. The molecule has 1 aromatic carbocycles. The highest BCUT2D eigenvalue weighted by atomic mass is 32.1. The Hall–Kier alpha value is -3.59. The van der Waals surface area contributed by atoms with Crippen LogP contribution in [0.2, 0.25) is 0 Å². The van der Waals surface area contributed by atoms with Crippen molar-refractivity contribution in [1.82, 2.24) is 30.4 Å². The number of carbonyl (C=O) groups excluding carboxylic acids is 2. The van der Waals surface area contributed by atoms with Crippen molar-refractivity contribution in [1.29, 1.82) is 0 Å². The van der Waals surface area contributed by atoms with Gasteiger partial charge in [0.1, 0.15) is 10.7 Å². The van der Waals surface area contributed by atoms with E-state index in [1.807, 2.05) is 52.1 Å². The lowest BCUT2D eigenvalue weighted by atomic mass is 10.0. The molecule has 0 saturated carbocycles. The van der Waals surface area contributed by atoms with E-state index in [4.69, 9.17) is 0 Å². The van der Waals surface area contributed by atoms with Gasteiger partial charge in [0.05, 0.1) is 12.1 Å². The van der Waals surface area contributed by atoms with Crippen molar-refractivity contribution in [2.75, 3.05) is 7.05 Å². The Balaban J connectivity index is 1.47. The standard InChI is InChI=1S/C24H26N6O2S/c1-13-18(14(2)27-22-21(13)15(3)29-30(22)5)10-20(31)26-11-16-7-6-8-17(9-16)24-28-19(12-33-24)23(32)25-4/h6-9,12H,10-11H2,1-5H3,(H,25,32)(H,26,31). The number of carbonyl (C=O) groups is 2. The molecule has 3 heterocycles. The van der Waals surface area contributed by atoms with Gasteiger partial charge in [0.25, 0.3) is 5.91 Å². The molecule has 170 valence electrons. The third-order valence-electron chi connectivity index (χ3n) is 5.69. The van der Waals surface area contributed by atoms with Crippen LogP contribution in [-0.2, 0) is 24.8 Å². The van der Waals surface area contributed by atoms with Gasteiger partial charge in [-0.3, -0.25) is 14.3 Å². The summed E-state index contributed by atoms with van der Waals surface area (Å²) >= 11 is 1.42. The Labute approximate surface area is 196 Å². The predicted octanol–water partition coefficient (Wildman–Crippen LogP) is 3.24. The minimum atomic E-state index is -0.208. The van der Waals surface area contributed by atoms with Gasteiger partial charge in [-0.1, -0.05) is 18.2 Å². The molecule has 4 rings (SSSR count). The number of thiazole rings is 1. The molecule has 9 heteroatoms. The summed E-state index contributed by atoms with van der Waals surface area (Å²) in [6.07, 6.45) is 0.261. The SMILES string of the molecule is CNC(=O)c1csc(-c2cccc(CNC(=O)Cc3c(C)nc4c(c(C)nn4C)c3C)c2)n1. The van der Waals surface area contributed by atoms with Crippen molar-refractivity contribution in [2.45, 2.75) is 33.7 Å². The second-order valence-corrected chi connectivity index (χ2v) is 8.84. The van der Waals surface area contributed by atoms with Gasteiger partial charge in [-0.2, -0.15) is 5.10 Å². The first-order valence-electron chi connectivity index (χ1n) is 10.6. The lowest BCUT2D eigenvalue weighted by Gasteiger charge is -2.12. The minimum absolute atomic E-state index is 0.0644. The summed E-state index contributed by atoms with van der Waals surface area (Å²) in [6.45, 7) is 6.32. The van der Waals surface area contributed by atoms with Gasteiger partial charge in [0.15, 0.2) is 5.65 Å². The third kappa shape index (κ3) is 4.49. The third-order valence-corrected chi connectivity index (χ3v) is 6.59. The van der Waals surface area contributed by atoms with Crippen LogP contribution < -0.4 is 10.6 Å². The molecule has 0 aliphatic heterocycles. The molecule has 0 aliphatic rings. The fourth-order valence-corrected chi connectivity index (χ4v) is 4.80. The molecule has 33 heavy (non-hydrogen) atoms. The van der Waals surface area contributed by atoms with Gasteiger partial charge >= 0.3 is 0 Å². The van der Waals surface area contributed by atoms with Crippen LogP contribution in [-0.4, -0.2) is 38.6 Å². The molecule has 2 N–H and O–H groups in total. The summed E-state index contributed by atoms with van der Waals surface area (Å²) in [7, 11) is 3.46. The van der Waals surface area contributed by atoms with Crippen molar-refractivity contribution in [3.05, 3.63) is 63.4 Å². The molecule has 0 fully saturated rings. The molecular formula is C24H26N6O2S. The number of nitrogens with one attached hydrogen (secondary N) is 2. The van der Waals surface area contributed by atoms with Gasteiger partial charge in [-0.15, -0.1) is 11.3 Å². The predicted molar refractivity (Wildman–Crippen MR) is 129 cm³/mol. The summed E-state index contributed by atoms with van der Waals surface area (Å²) in [4.78, 5) is 33.6. The molecule has 0 radical (unpaired) electrons. The van der Waals surface area contributed by atoms with Crippen molar-refractivity contribution in [3.8, 4) is 10.6 Å². The van der Waals surface area contributed by atoms with Crippen LogP contribution >= 0.6 is 11.3 Å². The number of aryl methyl sites for hydroxylation is 4. The Morgan fingerprint density at radius 2 is 1.91 bits per heavy atom. The van der Waals surface area contributed by atoms with Crippen molar-refractivity contribution in [2.24, 2.45) is 7.05 Å². The minimum Gasteiger partial charge on any atom is -0.354 e. The van der Waals surface area contributed by atoms with E-state index in [0.29, 0.717) is 12.2 Å². The molecule has 0 unspecified atom stereocenters. The average Bonchev–Trinajstić information content (AvgIpc) is 3.40. The fourth-order valence-electron chi connectivity index (χ4n) is 4.00. The average molecular weight is 463 g/mol. The molecule has 0 atom stereocenters. The normalized spacial score (nSPS) is 11.1. The second kappa shape index (κ2) is 9.11. The van der Waals surface area contributed by atoms with Crippen molar-refractivity contribution >= 4 is 34.2 Å². The van der Waals surface area contributed by atoms with Crippen LogP contribution in [0.5, 0.6) is 0 Å². The Bertz CT molecular complexity index is 1370. The van der Waals surface area contributed by atoms with E-state index in [1.165, 1.54) is 11.3 Å². The summed E-state index contributed by atoms with van der Waals surface area (Å²) < 4.78 is 1.78. The number of amides is 2. The van der Waals surface area contributed by atoms with E-state index in [-0.39, 0.29) is 18.2 Å². The number of benzene rings is 1. The van der Waals surface area contributed by atoms with Crippen LogP contribution in [0.4, 0.5) is 0 Å². The molecule has 0 bridgehead atoms. The fraction of sp³-hybridized carbons (Fsp3) is 0.292. The van der Waals surface area contributed by atoms with E-state index in [2.05, 4.69) is 25.7 Å².